The van der Waals surface area contributed by atoms with E-state index in [1.54, 1.807) is 0 Å². The first-order valence-corrected chi connectivity index (χ1v) is 8.76. The van der Waals surface area contributed by atoms with Crippen molar-refractivity contribution in [2.45, 2.75) is 65.2 Å². The lowest BCUT2D eigenvalue weighted by molar-refractivity contribution is 0.296. The molecular formula is C18H28N6. The Hall–Kier alpha value is -1.79. The van der Waals surface area contributed by atoms with Crippen molar-refractivity contribution in [2.75, 3.05) is 7.05 Å². The molecule has 1 fully saturated rings. The fourth-order valence-electron chi connectivity index (χ4n) is 3.57. The molecule has 0 amide bonds. The van der Waals surface area contributed by atoms with Gasteiger partial charge in [0.05, 0.1) is 12.2 Å². The Morgan fingerprint density at radius 3 is 2.58 bits per heavy atom. The minimum Gasteiger partial charge on any atom is -0.328 e. The number of hydrogen-bond donors (Lipinski definition) is 1. The molecule has 6 nitrogen and oxygen atoms in total. The smallest absolute Gasteiger partial charge is 0.147 e. The maximum Gasteiger partial charge on any atom is 0.147 e. The van der Waals surface area contributed by atoms with Crippen molar-refractivity contribution in [2.24, 2.45) is 5.73 Å². The molecule has 0 aliphatic heterocycles. The Kier molecular flexibility index (Phi) is 4.96. The summed E-state index contributed by atoms with van der Waals surface area (Å²) in [6.45, 7) is 8.79. The van der Waals surface area contributed by atoms with Crippen LogP contribution in [0.25, 0.3) is 0 Å². The lowest BCUT2D eigenvalue weighted by Gasteiger charge is -2.31. The summed E-state index contributed by atoms with van der Waals surface area (Å²) in [7, 11) is 2.10. The van der Waals surface area contributed by atoms with Gasteiger partial charge in [0.25, 0.3) is 0 Å². The average Bonchev–Trinajstić information content (AvgIpc) is 2.84. The molecule has 130 valence electrons. The minimum atomic E-state index is 0.332. The Bertz CT molecular complexity index is 681. The average molecular weight is 328 g/mol. The van der Waals surface area contributed by atoms with Gasteiger partial charge in [-0.1, -0.05) is 0 Å². The highest BCUT2D eigenvalue weighted by Crippen LogP contribution is 2.34. The van der Waals surface area contributed by atoms with Crippen LogP contribution >= 0.6 is 0 Å². The van der Waals surface area contributed by atoms with Gasteiger partial charge in [0.2, 0.25) is 0 Å². The highest BCUT2D eigenvalue weighted by molar-refractivity contribution is 5.19. The highest BCUT2D eigenvalue weighted by Gasteiger charge is 2.32. The molecule has 2 aromatic heterocycles. The van der Waals surface area contributed by atoms with Crippen LogP contribution in [0, 0.1) is 13.8 Å². The molecular weight excluding hydrogens is 300 g/mol. The number of hydrogen-bond acceptors (Lipinski definition) is 5. The molecule has 0 saturated heterocycles. The van der Waals surface area contributed by atoms with Crippen molar-refractivity contribution in [1.29, 1.82) is 0 Å². The fourth-order valence-corrected chi connectivity index (χ4v) is 3.57. The largest absolute Gasteiger partial charge is 0.328 e. The molecule has 1 aliphatic carbocycles. The van der Waals surface area contributed by atoms with E-state index in [0.717, 1.165) is 55.5 Å². The maximum atomic E-state index is 5.92. The minimum absolute atomic E-state index is 0.332. The van der Waals surface area contributed by atoms with E-state index in [1.807, 2.05) is 6.92 Å². The molecule has 6 heteroatoms. The highest BCUT2D eigenvalue weighted by atomic mass is 15.3. The molecule has 1 saturated carbocycles. The predicted molar refractivity (Wildman–Crippen MR) is 94.5 cm³/mol. The number of pyridine rings is 1. The van der Waals surface area contributed by atoms with Crippen LogP contribution in [0.4, 0.5) is 0 Å². The van der Waals surface area contributed by atoms with Crippen LogP contribution in [0.5, 0.6) is 0 Å². The van der Waals surface area contributed by atoms with Crippen LogP contribution in [0.2, 0.25) is 0 Å². The van der Waals surface area contributed by atoms with Crippen LogP contribution in [0.3, 0.4) is 0 Å². The van der Waals surface area contributed by atoms with E-state index in [4.69, 9.17) is 5.73 Å². The van der Waals surface area contributed by atoms with E-state index in [-0.39, 0.29) is 0 Å². The molecule has 2 aromatic rings. The van der Waals surface area contributed by atoms with Gasteiger partial charge in [-0.2, -0.15) is 0 Å². The third-order valence-corrected chi connectivity index (χ3v) is 4.71. The molecule has 1 aliphatic rings. The zero-order chi connectivity index (χ0) is 17.3. The quantitative estimate of drug-likeness (QED) is 0.879. The second-order valence-corrected chi connectivity index (χ2v) is 7.10. The van der Waals surface area contributed by atoms with E-state index in [1.165, 1.54) is 5.56 Å². The van der Waals surface area contributed by atoms with Crippen LogP contribution in [0.15, 0.2) is 12.1 Å². The third kappa shape index (κ3) is 3.65. The fraction of sp³-hybridized carbons (Fsp3) is 0.611. The molecule has 0 unspecified atom stereocenters. The molecule has 2 heterocycles. The SMILES string of the molecule is CCn1c(CN(C)Cc2cc(C)cc(C)n2)nnc1C1CC(N)C1. The summed E-state index contributed by atoms with van der Waals surface area (Å²) in [4.78, 5) is 6.87. The summed E-state index contributed by atoms with van der Waals surface area (Å²) in [6.07, 6.45) is 2.06. The van der Waals surface area contributed by atoms with Gasteiger partial charge in [0.15, 0.2) is 0 Å². The van der Waals surface area contributed by atoms with Gasteiger partial charge >= 0.3 is 0 Å². The number of aryl methyl sites for hydroxylation is 2. The van der Waals surface area contributed by atoms with Gasteiger partial charge in [-0.15, -0.1) is 10.2 Å². The zero-order valence-electron chi connectivity index (χ0n) is 15.2. The number of nitrogens with zero attached hydrogens (tertiary/aromatic N) is 5. The van der Waals surface area contributed by atoms with E-state index < -0.39 is 0 Å². The van der Waals surface area contributed by atoms with Crippen LogP contribution in [0.1, 0.15) is 54.3 Å². The van der Waals surface area contributed by atoms with Crippen LogP contribution in [-0.2, 0) is 19.6 Å². The second-order valence-electron chi connectivity index (χ2n) is 7.10. The van der Waals surface area contributed by atoms with E-state index >= 15 is 0 Å². The second kappa shape index (κ2) is 6.99. The molecule has 0 aromatic carbocycles. The third-order valence-electron chi connectivity index (χ3n) is 4.71. The summed E-state index contributed by atoms with van der Waals surface area (Å²) in [6, 6.07) is 4.58. The van der Waals surface area contributed by atoms with Gasteiger partial charge in [0.1, 0.15) is 11.6 Å². The lowest BCUT2D eigenvalue weighted by Crippen LogP contribution is -2.36. The van der Waals surface area contributed by atoms with Crippen molar-refractivity contribution >= 4 is 0 Å². The van der Waals surface area contributed by atoms with Gasteiger partial charge in [0, 0.05) is 30.7 Å². The van der Waals surface area contributed by atoms with E-state index in [2.05, 4.69) is 57.7 Å². The van der Waals surface area contributed by atoms with Crippen LogP contribution in [-0.4, -0.2) is 37.7 Å². The van der Waals surface area contributed by atoms with E-state index in [9.17, 15) is 0 Å². The predicted octanol–water partition coefficient (Wildman–Crippen LogP) is 2.15. The van der Waals surface area contributed by atoms with Crippen molar-refractivity contribution in [3.63, 3.8) is 0 Å². The van der Waals surface area contributed by atoms with Gasteiger partial charge in [-0.3, -0.25) is 9.88 Å². The first kappa shape index (κ1) is 17.0. The molecule has 0 atom stereocenters. The summed E-state index contributed by atoms with van der Waals surface area (Å²) >= 11 is 0. The van der Waals surface area contributed by atoms with E-state index in [0.29, 0.717) is 12.0 Å². The Morgan fingerprint density at radius 2 is 1.96 bits per heavy atom. The molecule has 3 rings (SSSR count). The van der Waals surface area contributed by atoms with Gasteiger partial charge in [-0.25, -0.2) is 0 Å². The van der Waals surface area contributed by atoms with Crippen molar-refractivity contribution in [3.05, 3.63) is 40.7 Å². The zero-order valence-corrected chi connectivity index (χ0v) is 15.2. The van der Waals surface area contributed by atoms with Gasteiger partial charge in [-0.05, 0) is 58.4 Å². The summed E-state index contributed by atoms with van der Waals surface area (Å²) in [5, 5.41) is 8.89. The maximum absolute atomic E-state index is 5.92. The molecule has 0 radical (unpaired) electrons. The first-order chi connectivity index (χ1) is 11.5. The summed E-state index contributed by atoms with van der Waals surface area (Å²) in [5.74, 6) is 2.61. The Labute approximate surface area is 144 Å². The molecule has 0 spiro atoms. The Balaban J connectivity index is 1.69. The molecule has 0 bridgehead atoms. The summed E-state index contributed by atoms with van der Waals surface area (Å²) in [5.41, 5.74) is 9.35. The van der Waals surface area contributed by atoms with Crippen molar-refractivity contribution in [3.8, 4) is 0 Å². The monoisotopic (exact) mass is 328 g/mol. The summed E-state index contributed by atoms with van der Waals surface area (Å²) < 4.78 is 2.25. The van der Waals surface area contributed by atoms with Gasteiger partial charge < -0.3 is 10.3 Å². The normalized spacial score (nSPS) is 20.4. The van der Waals surface area contributed by atoms with Crippen molar-refractivity contribution < 1.29 is 0 Å². The van der Waals surface area contributed by atoms with Crippen molar-refractivity contribution in [1.82, 2.24) is 24.6 Å². The number of rotatable bonds is 6. The van der Waals surface area contributed by atoms with Crippen LogP contribution < -0.4 is 5.73 Å². The number of aromatic nitrogens is 4. The first-order valence-electron chi connectivity index (χ1n) is 8.76. The Morgan fingerprint density at radius 1 is 1.21 bits per heavy atom. The number of nitrogens with two attached hydrogens (primary N) is 1. The standard InChI is InChI=1S/C18H28N6/c1-5-24-17(21-22-18(24)14-8-15(19)9-14)11-23(4)10-16-7-12(2)6-13(3)20-16/h6-7,14-15H,5,8-11,19H2,1-4H3. The molecule has 2 N–H and O–H groups in total. The molecule has 24 heavy (non-hydrogen) atoms. The topological polar surface area (TPSA) is 72.9 Å². The lowest BCUT2D eigenvalue weighted by atomic mass is 9.80.